The average Bonchev–Trinajstić information content (AvgIpc) is 2.92. The van der Waals surface area contributed by atoms with E-state index in [0.717, 1.165) is 23.3 Å². The van der Waals surface area contributed by atoms with Crippen LogP contribution in [0, 0.1) is 0 Å². The number of carbonyl (C=O) groups excluding carboxylic acids is 1. The maximum Gasteiger partial charge on any atom is 0.255 e. The van der Waals surface area contributed by atoms with Crippen LogP contribution >= 0.6 is 0 Å². The van der Waals surface area contributed by atoms with Crippen molar-refractivity contribution in [1.82, 2.24) is 4.90 Å². The first-order chi connectivity index (χ1) is 11.9. The lowest BCUT2D eigenvalue weighted by Gasteiger charge is -2.26. The molecule has 0 aromatic heterocycles. The number of hydrogen-bond donors (Lipinski definition) is 0. The molecule has 2 aromatic carbocycles. The molecule has 0 bridgehead atoms. The maximum atomic E-state index is 12.9. The highest BCUT2D eigenvalue weighted by molar-refractivity contribution is 5.99. The summed E-state index contributed by atoms with van der Waals surface area (Å²) in [6.45, 7) is 7.34. The van der Waals surface area contributed by atoms with Crippen molar-refractivity contribution in [2.75, 3.05) is 7.11 Å². The molecule has 0 radical (unpaired) electrons. The number of rotatable bonds is 6. The monoisotopic (exact) mass is 339 g/mol. The zero-order valence-electron chi connectivity index (χ0n) is 15.3. The van der Waals surface area contributed by atoms with Crippen LogP contribution in [0.4, 0.5) is 0 Å². The Labute approximate surface area is 149 Å². The molecule has 0 spiro atoms. The molecular weight excluding hydrogens is 314 g/mol. The number of ether oxygens (including phenoxy) is 2. The number of benzene rings is 2. The normalized spacial score (nSPS) is 13.8. The number of fused-ring (bicyclic) bond motifs is 1. The van der Waals surface area contributed by atoms with E-state index in [4.69, 9.17) is 9.47 Å². The zero-order chi connectivity index (χ0) is 18.0. The number of hydrogen-bond acceptors (Lipinski definition) is 3. The van der Waals surface area contributed by atoms with Crippen molar-refractivity contribution in [2.45, 2.75) is 45.9 Å². The van der Waals surface area contributed by atoms with Crippen LogP contribution in [0.1, 0.15) is 48.7 Å². The Bertz CT molecular complexity index is 768. The fourth-order valence-corrected chi connectivity index (χ4v) is 2.92. The van der Waals surface area contributed by atoms with Gasteiger partial charge in [-0.15, -0.1) is 0 Å². The molecule has 3 rings (SSSR count). The van der Waals surface area contributed by atoms with E-state index >= 15 is 0 Å². The minimum atomic E-state index is -0.296. The van der Waals surface area contributed by atoms with Crippen molar-refractivity contribution in [3.8, 4) is 11.5 Å². The third kappa shape index (κ3) is 3.63. The van der Waals surface area contributed by atoms with E-state index in [1.54, 1.807) is 7.11 Å². The molecular formula is C21H25NO3. The molecule has 0 saturated carbocycles. The van der Waals surface area contributed by atoms with E-state index in [1.807, 2.05) is 47.4 Å². The summed E-state index contributed by atoms with van der Waals surface area (Å²) in [5.74, 6) is 1.41. The number of nitrogens with zero attached hydrogens (tertiary/aromatic N) is 1. The van der Waals surface area contributed by atoms with Gasteiger partial charge < -0.3 is 14.4 Å². The Morgan fingerprint density at radius 2 is 1.88 bits per heavy atom. The van der Waals surface area contributed by atoms with Crippen LogP contribution in [0.2, 0.25) is 0 Å². The summed E-state index contributed by atoms with van der Waals surface area (Å²) < 4.78 is 11.6. The fourth-order valence-electron chi connectivity index (χ4n) is 2.92. The predicted octanol–water partition coefficient (Wildman–Crippen LogP) is 4.42. The second kappa shape index (κ2) is 6.79. The van der Waals surface area contributed by atoms with Crippen molar-refractivity contribution in [2.24, 2.45) is 0 Å². The van der Waals surface area contributed by atoms with Gasteiger partial charge >= 0.3 is 0 Å². The third-order valence-electron chi connectivity index (χ3n) is 4.74. The van der Waals surface area contributed by atoms with Crippen molar-refractivity contribution in [3.63, 3.8) is 0 Å². The van der Waals surface area contributed by atoms with Gasteiger partial charge in [0.2, 0.25) is 0 Å². The Hall–Kier alpha value is -2.49. The molecule has 0 saturated heterocycles. The first-order valence-electron chi connectivity index (χ1n) is 8.66. The first kappa shape index (κ1) is 17.3. The molecule has 2 aromatic rings. The molecule has 0 unspecified atom stereocenters. The second-order valence-corrected chi connectivity index (χ2v) is 7.01. The Balaban J connectivity index is 1.93. The van der Waals surface area contributed by atoms with Gasteiger partial charge in [-0.3, -0.25) is 4.79 Å². The van der Waals surface area contributed by atoms with Crippen LogP contribution < -0.4 is 9.47 Å². The first-order valence-corrected chi connectivity index (χ1v) is 8.66. The van der Waals surface area contributed by atoms with Gasteiger partial charge in [-0.25, -0.2) is 0 Å². The van der Waals surface area contributed by atoms with E-state index in [0.29, 0.717) is 24.4 Å². The summed E-state index contributed by atoms with van der Waals surface area (Å²) in [7, 11) is 1.61. The van der Waals surface area contributed by atoms with Crippen LogP contribution in [0.5, 0.6) is 11.5 Å². The van der Waals surface area contributed by atoms with Gasteiger partial charge in [0.15, 0.2) is 0 Å². The molecule has 0 atom stereocenters. The molecule has 4 heteroatoms. The van der Waals surface area contributed by atoms with Gasteiger partial charge in [-0.1, -0.05) is 37.3 Å². The Morgan fingerprint density at radius 3 is 2.52 bits per heavy atom. The second-order valence-electron chi connectivity index (χ2n) is 7.01. The van der Waals surface area contributed by atoms with E-state index in [1.165, 1.54) is 0 Å². The quantitative estimate of drug-likeness (QED) is 0.782. The predicted molar refractivity (Wildman–Crippen MR) is 98.0 cm³/mol. The number of methoxy groups -OCH3 is 1. The van der Waals surface area contributed by atoms with Crippen LogP contribution in [0.3, 0.4) is 0 Å². The summed E-state index contributed by atoms with van der Waals surface area (Å²) in [5.41, 5.74) is 2.45. The van der Waals surface area contributed by atoms with E-state index in [-0.39, 0.29) is 11.5 Å². The SMILES string of the molecule is CCC(C)(C)Oc1cc(OC)cc2c1CN(Cc1ccccc1)C2=O. The van der Waals surface area contributed by atoms with Gasteiger partial charge in [-0.2, -0.15) is 0 Å². The summed E-state index contributed by atoms with van der Waals surface area (Å²) in [5, 5.41) is 0. The summed E-state index contributed by atoms with van der Waals surface area (Å²) >= 11 is 0. The van der Waals surface area contributed by atoms with E-state index < -0.39 is 0 Å². The van der Waals surface area contributed by atoms with Crippen LogP contribution in [-0.2, 0) is 13.1 Å². The Kier molecular flexibility index (Phi) is 4.71. The largest absolute Gasteiger partial charge is 0.497 e. The molecule has 1 amide bonds. The fraction of sp³-hybridized carbons (Fsp3) is 0.381. The number of carbonyl (C=O) groups is 1. The highest BCUT2D eigenvalue weighted by Crippen LogP contribution is 2.37. The van der Waals surface area contributed by atoms with Crippen LogP contribution in [-0.4, -0.2) is 23.5 Å². The van der Waals surface area contributed by atoms with Gasteiger partial charge in [-0.05, 0) is 31.9 Å². The van der Waals surface area contributed by atoms with Gasteiger partial charge in [0.05, 0.1) is 19.2 Å². The lowest BCUT2D eigenvalue weighted by Crippen LogP contribution is -2.27. The molecule has 0 aliphatic carbocycles. The van der Waals surface area contributed by atoms with Crippen LogP contribution in [0.15, 0.2) is 42.5 Å². The third-order valence-corrected chi connectivity index (χ3v) is 4.74. The van der Waals surface area contributed by atoms with Crippen molar-refractivity contribution < 1.29 is 14.3 Å². The van der Waals surface area contributed by atoms with Gasteiger partial charge in [0.25, 0.3) is 5.91 Å². The van der Waals surface area contributed by atoms with E-state index in [2.05, 4.69) is 20.8 Å². The van der Waals surface area contributed by atoms with Gasteiger partial charge in [0.1, 0.15) is 17.1 Å². The van der Waals surface area contributed by atoms with Crippen molar-refractivity contribution in [1.29, 1.82) is 0 Å². The van der Waals surface area contributed by atoms with E-state index in [9.17, 15) is 4.79 Å². The van der Waals surface area contributed by atoms with Crippen LogP contribution in [0.25, 0.3) is 0 Å². The summed E-state index contributed by atoms with van der Waals surface area (Å²) in [4.78, 5) is 14.7. The minimum absolute atomic E-state index is 0.0249. The Morgan fingerprint density at radius 1 is 1.16 bits per heavy atom. The molecule has 4 nitrogen and oxygen atoms in total. The molecule has 0 fully saturated rings. The lowest BCUT2D eigenvalue weighted by atomic mass is 10.0. The molecule has 0 N–H and O–H groups in total. The standard InChI is InChI=1S/C21H25NO3/c1-5-21(2,3)25-19-12-16(24-4)11-17-18(19)14-22(20(17)23)13-15-9-7-6-8-10-15/h6-12H,5,13-14H2,1-4H3. The smallest absolute Gasteiger partial charge is 0.255 e. The molecule has 25 heavy (non-hydrogen) atoms. The lowest BCUT2D eigenvalue weighted by molar-refractivity contribution is 0.0765. The number of amides is 1. The summed E-state index contributed by atoms with van der Waals surface area (Å²) in [6.07, 6.45) is 0.876. The van der Waals surface area contributed by atoms with Crippen molar-refractivity contribution in [3.05, 3.63) is 59.2 Å². The average molecular weight is 339 g/mol. The topological polar surface area (TPSA) is 38.8 Å². The molecule has 132 valence electrons. The zero-order valence-corrected chi connectivity index (χ0v) is 15.3. The molecule has 1 aliphatic rings. The summed E-state index contributed by atoms with van der Waals surface area (Å²) in [6, 6.07) is 13.7. The highest BCUT2D eigenvalue weighted by atomic mass is 16.5. The highest BCUT2D eigenvalue weighted by Gasteiger charge is 2.32. The molecule has 1 aliphatic heterocycles. The van der Waals surface area contributed by atoms with Gasteiger partial charge in [0, 0.05) is 18.2 Å². The maximum absolute atomic E-state index is 12.9. The minimum Gasteiger partial charge on any atom is -0.497 e. The van der Waals surface area contributed by atoms with Crippen molar-refractivity contribution >= 4 is 5.91 Å². The molecule has 1 heterocycles.